The van der Waals surface area contributed by atoms with Crippen LogP contribution >= 0.6 is 0 Å². The number of ether oxygens (including phenoxy) is 1. The topological polar surface area (TPSA) is 36.0 Å². The number of piperidine rings is 1. The van der Waals surface area contributed by atoms with Crippen LogP contribution in [0.2, 0.25) is 0 Å². The van der Waals surface area contributed by atoms with E-state index in [0.717, 1.165) is 32.2 Å². The standard InChI is InChI=1S/C20H39N3O2/c1-17(2)20(24)16-22-7-5-19(6-8-22)15-23-11-9-21(10-12-23)13-14-25-18(3)4/h17-19H,5-16H2,1-4H3. The summed E-state index contributed by atoms with van der Waals surface area (Å²) in [6, 6.07) is 0. The van der Waals surface area contributed by atoms with Crippen LogP contribution in [0.25, 0.3) is 0 Å². The number of rotatable bonds is 9. The van der Waals surface area contributed by atoms with Crippen LogP contribution in [-0.2, 0) is 9.53 Å². The van der Waals surface area contributed by atoms with Gasteiger partial charge in [-0.25, -0.2) is 0 Å². The first-order chi connectivity index (χ1) is 11.9. The SMILES string of the molecule is CC(C)OCCN1CCN(CC2CCN(CC(=O)C(C)C)CC2)CC1. The third kappa shape index (κ3) is 7.73. The largest absolute Gasteiger partial charge is 0.377 e. The van der Waals surface area contributed by atoms with Crippen molar-refractivity contribution in [3.63, 3.8) is 0 Å². The highest BCUT2D eigenvalue weighted by atomic mass is 16.5. The first kappa shape index (κ1) is 20.8. The number of piperazine rings is 1. The first-order valence-electron chi connectivity index (χ1n) is 10.3. The summed E-state index contributed by atoms with van der Waals surface area (Å²) in [4.78, 5) is 19.4. The molecule has 0 unspecified atom stereocenters. The fraction of sp³-hybridized carbons (Fsp3) is 0.950. The van der Waals surface area contributed by atoms with E-state index < -0.39 is 0 Å². The number of hydrogen-bond donors (Lipinski definition) is 0. The Morgan fingerprint density at radius 1 is 0.920 bits per heavy atom. The smallest absolute Gasteiger partial charge is 0.149 e. The molecule has 0 aromatic rings. The molecule has 146 valence electrons. The summed E-state index contributed by atoms with van der Waals surface area (Å²) in [5.41, 5.74) is 0. The molecule has 5 nitrogen and oxygen atoms in total. The molecule has 2 aliphatic rings. The van der Waals surface area contributed by atoms with Gasteiger partial charge in [0, 0.05) is 45.2 Å². The van der Waals surface area contributed by atoms with Crippen molar-refractivity contribution < 1.29 is 9.53 Å². The van der Waals surface area contributed by atoms with Gasteiger partial charge in [0.1, 0.15) is 5.78 Å². The van der Waals surface area contributed by atoms with E-state index in [0.29, 0.717) is 18.4 Å². The minimum atomic E-state index is 0.167. The number of ketones is 1. The minimum absolute atomic E-state index is 0.167. The molecular weight excluding hydrogens is 314 g/mol. The molecule has 0 aromatic heterocycles. The van der Waals surface area contributed by atoms with E-state index in [9.17, 15) is 4.79 Å². The second-order valence-electron chi connectivity index (χ2n) is 8.40. The molecule has 5 heteroatoms. The van der Waals surface area contributed by atoms with Gasteiger partial charge in [0.25, 0.3) is 0 Å². The summed E-state index contributed by atoms with van der Waals surface area (Å²) < 4.78 is 5.66. The zero-order chi connectivity index (χ0) is 18.2. The van der Waals surface area contributed by atoms with E-state index in [4.69, 9.17) is 4.74 Å². The summed E-state index contributed by atoms with van der Waals surface area (Å²) in [6.07, 6.45) is 2.82. The lowest BCUT2D eigenvalue weighted by molar-refractivity contribution is -0.123. The maximum atomic E-state index is 11.9. The van der Waals surface area contributed by atoms with Gasteiger partial charge in [-0.1, -0.05) is 13.8 Å². The molecule has 2 saturated heterocycles. The number of Topliss-reactive ketones (excluding diaryl/α,β-unsaturated/α-hetero) is 1. The lowest BCUT2D eigenvalue weighted by Crippen LogP contribution is -2.49. The second-order valence-corrected chi connectivity index (χ2v) is 8.40. The predicted molar refractivity (Wildman–Crippen MR) is 103 cm³/mol. The van der Waals surface area contributed by atoms with Crippen molar-refractivity contribution in [2.75, 3.05) is 65.5 Å². The van der Waals surface area contributed by atoms with E-state index in [1.165, 1.54) is 45.6 Å². The highest BCUT2D eigenvalue weighted by molar-refractivity contribution is 5.82. The molecule has 0 N–H and O–H groups in total. The van der Waals surface area contributed by atoms with Crippen molar-refractivity contribution in [3.05, 3.63) is 0 Å². The molecule has 0 aliphatic carbocycles. The molecular formula is C20H39N3O2. The zero-order valence-electron chi connectivity index (χ0n) is 16.9. The fourth-order valence-electron chi connectivity index (χ4n) is 3.71. The lowest BCUT2D eigenvalue weighted by atomic mass is 9.95. The predicted octanol–water partition coefficient (Wildman–Crippen LogP) is 1.97. The molecule has 25 heavy (non-hydrogen) atoms. The van der Waals surface area contributed by atoms with Gasteiger partial charge >= 0.3 is 0 Å². The molecule has 0 radical (unpaired) electrons. The van der Waals surface area contributed by atoms with Crippen LogP contribution in [-0.4, -0.2) is 92.1 Å². The monoisotopic (exact) mass is 353 g/mol. The van der Waals surface area contributed by atoms with Crippen molar-refractivity contribution in [3.8, 4) is 0 Å². The van der Waals surface area contributed by atoms with Crippen molar-refractivity contribution in [2.45, 2.75) is 46.6 Å². The van der Waals surface area contributed by atoms with Crippen molar-refractivity contribution in [1.82, 2.24) is 14.7 Å². The van der Waals surface area contributed by atoms with Gasteiger partial charge in [-0.3, -0.25) is 14.6 Å². The molecule has 0 amide bonds. The molecule has 0 spiro atoms. The fourth-order valence-corrected chi connectivity index (χ4v) is 3.71. The zero-order valence-corrected chi connectivity index (χ0v) is 16.9. The summed E-state index contributed by atoms with van der Waals surface area (Å²) in [6.45, 7) is 18.9. The average Bonchev–Trinajstić information content (AvgIpc) is 2.58. The van der Waals surface area contributed by atoms with E-state index in [1.807, 2.05) is 13.8 Å². The Hall–Kier alpha value is -0.490. The third-order valence-electron chi connectivity index (χ3n) is 5.57. The van der Waals surface area contributed by atoms with Crippen LogP contribution in [0.3, 0.4) is 0 Å². The van der Waals surface area contributed by atoms with Gasteiger partial charge in [-0.05, 0) is 45.7 Å². The number of carbonyl (C=O) groups is 1. The van der Waals surface area contributed by atoms with Crippen molar-refractivity contribution in [1.29, 1.82) is 0 Å². The van der Waals surface area contributed by atoms with E-state index in [1.54, 1.807) is 0 Å². The van der Waals surface area contributed by atoms with Crippen molar-refractivity contribution in [2.24, 2.45) is 11.8 Å². The Labute approximate surface area is 154 Å². The number of hydrogen-bond acceptors (Lipinski definition) is 5. The average molecular weight is 354 g/mol. The van der Waals surface area contributed by atoms with Crippen LogP contribution in [0, 0.1) is 11.8 Å². The lowest BCUT2D eigenvalue weighted by Gasteiger charge is -2.38. The van der Waals surface area contributed by atoms with Crippen LogP contribution in [0.5, 0.6) is 0 Å². The summed E-state index contributed by atoms with van der Waals surface area (Å²) in [5, 5.41) is 0. The second kappa shape index (κ2) is 10.6. The Balaban J connectivity index is 1.58. The molecule has 2 rings (SSSR count). The van der Waals surface area contributed by atoms with E-state index in [-0.39, 0.29) is 5.92 Å². The van der Waals surface area contributed by atoms with Gasteiger partial charge in [-0.15, -0.1) is 0 Å². The highest BCUT2D eigenvalue weighted by Gasteiger charge is 2.25. The van der Waals surface area contributed by atoms with Crippen LogP contribution in [0.4, 0.5) is 0 Å². The van der Waals surface area contributed by atoms with Gasteiger partial charge in [0.05, 0.1) is 19.3 Å². The molecule has 2 fully saturated rings. The Bertz CT molecular complexity index is 384. The van der Waals surface area contributed by atoms with Gasteiger partial charge in [-0.2, -0.15) is 0 Å². The Morgan fingerprint density at radius 3 is 2.08 bits per heavy atom. The Kier molecular flexibility index (Phi) is 8.83. The molecule has 2 aliphatic heterocycles. The number of nitrogens with zero attached hydrogens (tertiary/aromatic N) is 3. The maximum absolute atomic E-state index is 11.9. The summed E-state index contributed by atoms with van der Waals surface area (Å²) >= 11 is 0. The highest BCUT2D eigenvalue weighted by Crippen LogP contribution is 2.19. The molecule has 0 aromatic carbocycles. The van der Waals surface area contributed by atoms with Crippen LogP contribution < -0.4 is 0 Å². The maximum Gasteiger partial charge on any atom is 0.149 e. The van der Waals surface area contributed by atoms with Crippen molar-refractivity contribution >= 4 is 5.78 Å². The minimum Gasteiger partial charge on any atom is -0.377 e. The van der Waals surface area contributed by atoms with Crippen LogP contribution in [0.15, 0.2) is 0 Å². The Morgan fingerprint density at radius 2 is 1.52 bits per heavy atom. The molecule has 0 bridgehead atoms. The normalized spacial score (nSPS) is 22.2. The summed E-state index contributed by atoms with van der Waals surface area (Å²) in [7, 11) is 0. The van der Waals surface area contributed by atoms with Gasteiger partial charge in [0.15, 0.2) is 0 Å². The number of likely N-dealkylation sites (tertiary alicyclic amines) is 1. The van der Waals surface area contributed by atoms with Crippen LogP contribution in [0.1, 0.15) is 40.5 Å². The van der Waals surface area contributed by atoms with E-state index >= 15 is 0 Å². The molecule has 2 heterocycles. The van der Waals surface area contributed by atoms with Gasteiger partial charge < -0.3 is 9.64 Å². The quantitative estimate of drug-likeness (QED) is 0.633. The molecule has 0 saturated carbocycles. The van der Waals surface area contributed by atoms with Gasteiger partial charge in [0.2, 0.25) is 0 Å². The molecule has 0 atom stereocenters. The third-order valence-corrected chi connectivity index (χ3v) is 5.57. The first-order valence-corrected chi connectivity index (χ1v) is 10.3. The summed E-state index contributed by atoms with van der Waals surface area (Å²) in [5.74, 6) is 1.36. The van der Waals surface area contributed by atoms with E-state index in [2.05, 4.69) is 28.5 Å². The number of carbonyl (C=O) groups excluding carboxylic acids is 1.